The second-order valence-corrected chi connectivity index (χ2v) is 6.18. The molecular weight excluding hydrogens is 330 g/mol. The average Bonchev–Trinajstić information content (AvgIpc) is 2.49. The normalized spacial score (nSPS) is 12.2. The second kappa shape index (κ2) is 10.1. The van der Waals surface area contributed by atoms with Gasteiger partial charge in [0.1, 0.15) is 0 Å². The van der Waals surface area contributed by atoms with Gasteiger partial charge in [-0.3, -0.25) is 0 Å². The first-order chi connectivity index (χ1) is 10.2. The van der Waals surface area contributed by atoms with Gasteiger partial charge in [-0.1, -0.05) is 33.1 Å². The molecule has 0 saturated carbocycles. The highest BCUT2D eigenvalue weighted by molar-refractivity contribution is 9.10. The van der Waals surface area contributed by atoms with Crippen LogP contribution in [0.4, 0.5) is 0 Å². The fourth-order valence-electron chi connectivity index (χ4n) is 2.48. The fourth-order valence-corrected chi connectivity index (χ4v) is 3.13. The smallest absolute Gasteiger partial charge is 0.174 e. The van der Waals surface area contributed by atoms with Crippen LogP contribution in [0.5, 0.6) is 11.5 Å². The molecule has 0 aromatic heterocycles. The Bertz CT molecular complexity index is 423. The summed E-state index contributed by atoms with van der Waals surface area (Å²) in [5.41, 5.74) is 1.21. The third kappa shape index (κ3) is 5.87. The minimum atomic E-state index is 0.599. The van der Waals surface area contributed by atoms with Crippen molar-refractivity contribution in [2.24, 2.45) is 0 Å². The van der Waals surface area contributed by atoms with E-state index in [1.807, 2.05) is 6.07 Å². The highest BCUT2D eigenvalue weighted by atomic mass is 79.9. The standard InChI is InChI=1S/C17H28BrNO2/c1-5-7-9-14(8-6-2)19-12-13-10-15(18)17(21-4)16(11-13)20-3/h10-11,14,19H,5-9,12H2,1-4H3. The van der Waals surface area contributed by atoms with Crippen molar-refractivity contribution in [3.63, 3.8) is 0 Å². The summed E-state index contributed by atoms with van der Waals surface area (Å²) in [5, 5.41) is 3.67. The van der Waals surface area contributed by atoms with Crippen molar-refractivity contribution in [3.05, 3.63) is 22.2 Å². The van der Waals surface area contributed by atoms with E-state index in [1.165, 1.54) is 37.7 Å². The molecule has 0 heterocycles. The number of halogens is 1. The summed E-state index contributed by atoms with van der Waals surface area (Å²) < 4.78 is 11.7. The van der Waals surface area contributed by atoms with Gasteiger partial charge in [0.25, 0.3) is 0 Å². The van der Waals surface area contributed by atoms with Gasteiger partial charge in [0.2, 0.25) is 0 Å². The third-order valence-corrected chi connectivity index (χ3v) is 4.22. The summed E-state index contributed by atoms with van der Waals surface area (Å²) in [6, 6.07) is 4.73. The molecule has 0 aliphatic heterocycles. The van der Waals surface area contributed by atoms with E-state index in [2.05, 4.69) is 41.2 Å². The van der Waals surface area contributed by atoms with Crippen molar-refractivity contribution in [1.29, 1.82) is 0 Å². The van der Waals surface area contributed by atoms with E-state index in [-0.39, 0.29) is 0 Å². The molecule has 0 bridgehead atoms. The van der Waals surface area contributed by atoms with E-state index < -0.39 is 0 Å². The number of rotatable bonds is 10. The van der Waals surface area contributed by atoms with Crippen LogP contribution in [-0.4, -0.2) is 20.3 Å². The largest absolute Gasteiger partial charge is 0.493 e. The molecular formula is C17H28BrNO2. The lowest BCUT2D eigenvalue weighted by molar-refractivity contribution is 0.352. The number of nitrogens with one attached hydrogen (secondary N) is 1. The Labute approximate surface area is 137 Å². The van der Waals surface area contributed by atoms with E-state index >= 15 is 0 Å². The zero-order valence-electron chi connectivity index (χ0n) is 13.7. The number of ether oxygens (including phenoxy) is 2. The number of methoxy groups -OCH3 is 2. The van der Waals surface area contributed by atoms with Gasteiger partial charge >= 0.3 is 0 Å². The summed E-state index contributed by atoms with van der Waals surface area (Å²) in [4.78, 5) is 0. The van der Waals surface area contributed by atoms with Crippen molar-refractivity contribution in [2.45, 2.75) is 58.5 Å². The molecule has 0 aliphatic rings. The van der Waals surface area contributed by atoms with Gasteiger partial charge in [-0.15, -0.1) is 0 Å². The van der Waals surface area contributed by atoms with Gasteiger partial charge in [0, 0.05) is 12.6 Å². The SMILES string of the molecule is CCCCC(CCC)NCc1cc(Br)c(OC)c(OC)c1. The molecule has 0 saturated heterocycles. The molecule has 0 spiro atoms. The highest BCUT2D eigenvalue weighted by Crippen LogP contribution is 2.36. The van der Waals surface area contributed by atoms with Crippen LogP contribution in [0.15, 0.2) is 16.6 Å². The topological polar surface area (TPSA) is 30.5 Å². The molecule has 0 amide bonds. The summed E-state index contributed by atoms with van der Waals surface area (Å²) >= 11 is 3.55. The first kappa shape index (κ1) is 18.3. The number of hydrogen-bond acceptors (Lipinski definition) is 3. The van der Waals surface area contributed by atoms with Gasteiger partial charge in [0.05, 0.1) is 18.7 Å². The lowest BCUT2D eigenvalue weighted by Gasteiger charge is -2.19. The third-order valence-electron chi connectivity index (χ3n) is 3.63. The Morgan fingerprint density at radius 3 is 2.43 bits per heavy atom. The molecule has 0 aliphatic carbocycles. The van der Waals surface area contributed by atoms with Crippen LogP contribution in [0, 0.1) is 0 Å². The molecule has 1 rings (SSSR count). The molecule has 1 aromatic rings. The highest BCUT2D eigenvalue weighted by Gasteiger charge is 2.12. The maximum Gasteiger partial charge on any atom is 0.174 e. The predicted octanol–water partition coefficient (Wildman–Crippen LogP) is 4.91. The van der Waals surface area contributed by atoms with E-state index in [0.717, 1.165) is 22.5 Å². The van der Waals surface area contributed by atoms with Crippen LogP contribution >= 0.6 is 15.9 Å². The van der Waals surface area contributed by atoms with E-state index in [9.17, 15) is 0 Å². The van der Waals surface area contributed by atoms with Gasteiger partial charge in [0.15, 0.2) is 11.5 Å². The van der Waals surface area contributed by atoms with Crippen molar-refractivity contribution >= 4 is 15.9 Å². The molecule has 1 aromatic carbocycles. The molecule has 3 nitrogen and oxygen atoms in total. The van der Waals surface area contributed by atoms with E-state index in [0.29, 0.717) is 6.04 Å². The Morgan fingerprint density at radius 1 is 1.10 bits per heavy atom. The molecule has 120 valence electrons. The molecule has 1 unspecified atom stereocenters. The van der Waals surface area contributed by atoms with Crippen molar-refractivity contribution < 1.29 is 9.47 Å². The van der Waals surface area contributed by atoms with E-state index in [4.69, 9.17) is 9.47 Å². The molecule has 1 atom stereocenters. The quantitative estimate of drug-likeness (QED) is 0.644. The lowest BCUT2D eigenvalue weighted by atomic mass is 10.0. The first-order valence-corrected chi connectivity index (χ1v) is 8.59. The molecule has 4 heteroatoms. The van der Waals surface area contributed by atoms with Gasteiger partial charge in [-0.05, 0) is 46.5 Å². The van der Waals surface area contributed by atoms with E-state index in [1.54, 1.807) is 14.2 Å². The summed E-state index contributed by atoms with van der Waals surface area (Å²) in [5.74, 6) is 1.52. The Kier molecular flexibility index (Phi) is 8.77. The molecule has 0 radical (unpaired) electrons. The number of benzene rings is 1. The zero-order chi connectivity index (χ0) is 15.7. The second-order valence-electron chi connectivity index (χ2n) is 5.32. The Hall–Kier alpha value is -0.740. The van der Waals surface area contributed by atoms with Crippen molar-refractivity contribution in [3.8, 4) is 11.5 Å². The van der Waals surface area contributed by atoms with Gasteiger partial charge in [-0.25, -0.2) is 0 Å². The number of hydrogen-bond donors (Lipinski definition) is 1. The molecule has 1 N–H and O–H groups in total. The van der Waals surface area contributed by atoms with Crippen LogP contribution in [0.25, 0.3) is 0 Å². The van der Waals surface area contributed by atoms with Crippen LogP contribution in [-0.2, 0) is 6.54 Å². The monoisotopic (exact) mass is 357 g/mol. The fraction of sp³-hybridized carbons (Fsp3) is 0.647. The van der Waals surface area contributed by atoms with Crippen LogP contribution in [0.1, 0.15) is 51.5 Å². The Morgan fingerprint density at radius 2 is 1.86 bits per heavy atom. The van der Waals surface area contributed by atoms with Crippen LogP contribution in [0.3, 0.4) is 0 Å². The maximum absolute atomic E-state index is 5.39. The number of unbranched alkanes of at least 4 members (excludes halogenated alkanes) is 1. The van der Waals surface area contributed by atoms with Crippen molar-refractivity contribution in [2.75, 3.05) is 14.2 Å². The van der Waals surface area contributed by atoms with Crippen LogP contribution < -0.4 is 14.8 Å². The summed E-state index contributed by atoms with van der Waals surface area (Å²) in [6.07, 6.45) is 6.24. The predicted molar refractivity (Wildman–Crippen MR) is 92.3 cm³/mol. The molecule has 21 heavy (non-hydrogen) atoms. The summed E-state index contributed by atoms with van der Waals surface area (Å²) in [7, 11) is 3.32. The van der Waals surface area contributed by atoms with Gasteiger partial charge < -0.3 is 14.8 Å². The average molecular weight is 358 g/mol. The lowest BCUT2D eigenvalue weighted by Crippen LogP contribution is -2.28. The summed E-state index contributed by atoms with van der Waals surface area (Å²) in [6.45, 7) is 5.34. The first-order valence-electron chi connectivity index (χ1n) is 7.79. The van der Waals surface area contributed by atoms with Crippen molar-refractivity contribution in [1.82, 2.24) is 5.32 Å². The minimum absolute atomic E-state index is 0.599. The maximum atomic E-state index is 5.39. The minimum Gasteiger partial charge on any atom is -0.493 e. The van der Waals surface area contributed by atoms with Gasteiger partial charge in [-0.2, -0.15) is 0 Å². The zero-order valence-corrected chi connectivity index (χ0v) is 15.3. The van der Waals surface area contributed by atoms with Crippen LogP contribution in [0.2, 0.25) is 0 Å². The molecule has 0 fully saturated rings. The Balaban J connectivity index is 2.70.